The molecule has 1 unspecified atom stereocenters. The molecule has 21 heavy (non-hydrogen) atoms. The van der Waals surface area contributed by atoms with Gasteiger partial charge in [0.1, 0.15) is 11.5 Å². The lowest BCUT2D eigenvalue weighted by molar-refractivity contribution is 0.481. The first-order valence-electron chi connectivity index (χ1n) is 7.06. The summed E-state index contributed by atoms with van der Waals surface area (Å²) in [5.74, 6) is 1.57. The molecule has 2 nitrogen and oxygen atoms in total. The van der Waals surface area contributed by atoms with Crippen LogP contribution in [0.4, 0.5) is 0 Å². The molecule has 0 amide bonds. The molecule has 2 rings (SSSR count). The van der Waals surface area contributed by atoms with Gasteiger partial charge in [0, 0.05) is 14.6 Å². The number of halogens is 2. The third-order valence-electron chi connectivity index (χ3n) is 3.19. The lowest BCUT2D eigenvalue weighted by Crippen LogP contribution is -2.19. The highest BCUT2D eigenvalue weighted by Crippen LogP contribution is 2.30. The van der Waals surface area contributed by atoms with Crippen LogP contribution in [0, 0.1) is 3.57 Å². The van der Waals surface area contributed by atoms with Crippen molar-refractivity contribution in [1.29, 1.82) is 0 Å². The van der Waals surface area contributed by atoms with Crippen LogP contribution in [0.15, 0.2) is 42.5 Å². The molecule has 4 heteroatoms. The van der Waals surface area contributed by atoms with Gasteiger partial charge in [0.15, 0.2) is 0 Å². The third-order valence-corrected chi connectivity index (χ3v) is 4.23. The van der Waals surface area contributed by atoms with Crippen molar-refractivity contribution in [3.8, 4) is 11.5 Å². The third kappa shape index (κ3) is 4.87. The van der Waals surface area contributed by atoms with Crippen LogP contribution in [0.25, 0.3) is 0 Å². The van der Waals surface area contributed by atoms with Crippen molar-refractivity contribution in [2.45, 2.75) is 26.3 Å². The highest BCUT2D eigenvalue weighted by Gasteiger charge is 2.10. The molecule has 0 radical (unpaired) electrons. The summed E-state index contributed by atoms with van der Waals surface area (Å²) < 4.78 is 7.01. The first kappa shape index (κ1) is 16.6. The maximum Gasteiger partial charge on any atom is 0.128 e. The van der Waals surface area contributed by atoms with Crippen LogP contribution in [-0.2, 0) is 0 Å². The fourth-order valence-corrected chi connectivity index (χ4v) is 2.73. The molecule has 1 N–H and O–H groups in total. The van der Waals surface area contributed by atoms with Crippen LogP contribution in [0.2, 0.25) is 5.02 Å². The fourth-order valence-electron chi connectivity index (χ4n) is 2.03. The zero-order chi connectivity index (χ0) is 15.2. The zero-order valence-electron chi connectivity index (χ0n) is 12.2. The van der Waals surface area contributed by atoms with Crippen LogP contribution in [-0.4, -0.2) is 6.54 Å². The van der Waals surface area contributed by atoms with Crippen LogP contribution >= 0.6 is 34.2 Å². The molecule has 112 valence electrons. The summed E-state index contributed by atoms with van der Waals surface area (Å²) in [5.41, 5.74) is 1.10. The highest BCUT2D eigenvalue weighted by atomic mass is 127. The predicted octanol–water partition coefficient (Wildman–Crippen LogP) is 5.80. The van der Waals surface area contributed by atoms with Crippen molar-refractivity contribution >= 4 is 34.2 Å². The Balaban J connectivity index is 2.09. The minimum Gasteiger partial charge on any atom is -0.457 e. The molecule has 2 aromatic carbocycles. The molecule has 2 aromatic rings. The van der Waals surface area contributed by atoms with Gasteiger partial charge in [-0.15, -0.1) is 0 Å². The van der Waals surface area contributed by atoms with Crippen molar-refractivity contribution < 1.29 is 4.74 Å². The lowest BCUT2D eigenvalue weighted by atomic mass is 10.1. The Morgan fingerprint density at radius 1 is 1.14 bits per heavy atom. The lowest BCUT2D eigenvalue weighted by Gasteiger charge is -2.16. The standard InChI is InChI=1S/C17H19ClINO/c1-3-10-20-12(2)16-9-8-15(11-17(16)18)21-14-6-4-13(19)5-7-14/h4-9,11-12,20H,3,10H2,1-2H3. The minimum absolute atomic E-state index is 0.241. The van der Waals surface area contributed by atoms with Gasteiger partial charge in [-0.2, -0.15) is 0 Å². The number of ether oxygens (including phenoxy) is 1. The molecule has 0 fully saturated rings. The summed E-state index contributed by atoms with van der Waals surface area (Å²) in [4.78, 5) is 0. The SMILES string of the molecule is CCCNC(C)c1ccc(Oc2ccc(I)cc2)cc1Cl. The van der Waals surface area contributed by atoms with E-state index < -0.39 is 0 Å². The molecular formula is C17H19ClINO. The average Bonchev–Trinajstić information content (AvgIpc) is 2.47. The van der Waals surface area contributed by atoms with Gasteiger partial charge in [0.2, 0.25) is 0 Å². The van der Waals surface area contributed by atoms with Crippen LogP contribution in [0.1, 0.15) is 31.9 Å². The topological polar surface area (TPSA) is 21.3 Å². The van der Waals surface area contributed by atoms with E-state index in [1.54, 1.807) is 0 Å². The van der Waals surface area contributed by atoms with Gasteiger partial charge in [-0.3, -0.25) is 0 Å². The summed E-state index contributed by atoms with van der Waals surface area (Å²) in [7, 11) is 0. The number of rotatable bonds is 6. The van der Waals surface area contributed by atoms with Gasteiger partial charge in [-0.25, -0.2) is 0 Å². The van der Waals surface area contributed by atoms with Crippen molar-refractivity contribution in [2.24, 2.45) is 0 Å². The van der Waals surface area contributed by atoms with E-state index in [0.29, 0.717) is 0 Å². The second kappa shape index (κ2) is 8.01. The number of benzene rings is 2. The summed E-state index contributed by atoms with van der Waals surface area (Å²) in [6.45, 7) is 5.26. The van der Waals surface area contributed by atoms with Crippen molar-refractivity contribution in [2.75, 3.05) is 6.54 Å². The molecule has 0 aromatic heterocycles. The average molecular weight is 416 g/mol. The van der Waals surface area contributed by atoms with E-state index in [-0.39, 0.29) is 6.04 Å². The Morgan fingerprint density at radius 3 is 2.43 bits per heavy atom. The van der Waals surface area contributed by atoms with Crippen LogP contribution < -0.4 is 10.1 Å². The molecule has 1 atom stereocenters. The van der Waals surface area contributed by atoms with E-state index >= 15 is 0 Å². The molecule has 0 heterocycles. The molecule has 0 spiro atoms. The van der Waals surface area contributed by atoms with Gasteiger partial charge >= 0.3 is 0 Å². The van der Waals surface area contributed by atoms with E-state index in [1.807, 2.05) is 42.5 Å². The van der Waals surface area contributed by atoms with E-state index in [4.69, 9.17) is 16.3 Å². The maximum atomic E-state index is 6.37. The van der Waals surface area contributed by atoms with E-state index in [0.717, 1.165) is 35.1 Å². The summed E-state index contributed by atoms with van der Waals surface area (Å²) in [6, 6.07) is 14.0. The fraction of sp³-hybridized carbons (Fsp3) is 0.294. The van der Waals surface area contributed by atoms with Crippen molar-refractivity contribution in [1.82, 2.24) is 5.32 Å². The van der Waals surface area contributed by atoms with Crippen molar-refractivity contribution in [3.05, 3.63) is 56.6 Å². The smallest absolute Gasteiger partial charge is 0.128 e. The van der Waals surface area contributed by atoms with Crippen LogP contribution in [0.5, 0.6) is 11.5 Å². The summed E-state index contributed by atoms with van der Waals surface area (Å²) in [6.07, 6.45) is 1.11. The first-order valence-corrected chi connectivity index (χ1v) is 8.52. The Labute approximate surface area is 145 Å². The number of hydrogen-bond donors (Lipinski definition) is 1. The van der Waals surface area contributed by atoms with Crippen molar-refractivity contribution in [3.63, 3.8) is 0 Å². The highest BCUT2D eigenvalue weighted by molar-refractivity contribution is 14.1. The molecule has 0 saturated heterocycles. The molecule has 0 aliphatic carbocycles. The van der Waals surface area contributed by atoms with E-state index in [1.165, 1.54) is 3.57 Å². The van der Waals surface area contributed by atoms with Crippen LogP contribution in [0.3, 0.4) is 0 Å². The second-order valence-corrected chi connectivity index (χ2v) is 6.57. The van der Waals surface area contributed by atoms with Gasteiger partial charge in [-0.1, -0.05) is 24.6 Å². The first-order chi connectivity index (χ1) is 10.1. The van der Waals surface area contributed by atoms with Gasteiger partial charge in [0.05, 0.1) is 0 Å². The minimum atomic E-state index is 0.241. The Bertz CT molecular complexity index is 586. The largest absolute Gasteiger partial charge is 0.457 e. The van der Waals surface area contributed by atoms with Gasteiger partial charge < -0.3 is 10.1 Å². The number of nitrogens with one attached hydrogen (secondary N) is 1. The molecule has 0 saturated carbocycles. The monoisotopic (exact) mass is 415 g/mol. The van der Waals surface area contributed by atoms with E-state index in [9.17, 15) is 0 Å². The van der Waals surface area contributed by atoms with Gasteiger partial charge in [0.25, 0.3) is 0 Å². The maximum absolute atomic E-state index is 6.37. The second-order valence-electron chi connectivity index (χ2n) is 4.92. The summed E-state index contributed by atoms with van der Waals surface area (Å²) >= 11 is 8.65. The zero-order valence-corrected chi connectivity index (χ0v) is 15.1. The Hall–Kier alpha value is -0.780. The quantitative estimate of drug-likeness (QED) is 0.602. The number of hydrogen-bond acceptors (Lipinski definition) is 2. The molecule has 0 aliphatic heterocycles. The predicted molar refractivity (Wildman–Crippen MR) is 97.4 cm³/mol. The molecular weight excluding hydrogens is 397 g/mol. The Kier molecular flexibility index (Phi) is 6.33. The van der Waals surface area contributed by atoms with Gasteiger partial charge in [-0.05, 0) is 84.4 Å². The normalized spacial score (nSPS) is 12.2. The molecule has 0 aliphatic rings. The Morgan fingerprint density at radius 2 is 1.81 bits per heavy atom. The summed E-state index contributed by atoms with van der Waals surface area (Å²) in [5, 5.41) is 4.17. The van der Waals surface area contributed by atoms with E-state index in [2.05, 4.69) is 41.8 Å². The molecule has 0 bridgehead atoms.